The molecule has 5 heteroatoms. The minimum Gasteiger partial charge on any atom is -0.328 e. The molecule has 1 saturated heterocycles. The summed E-state index contributed by atoms with van der Waals surface area (Å²) in [5.41, 5.74) is 8.32. The summed E-state index contributed by atoms with van der Waals surface area (Å²) in [5, 5.41) is 3.29. The van der Waals surface area contributed by atoms with Crippen LogP contribution in [0.3, 0.4) is 0 Å². The quantitative estimate of drug-likeness (QED) is 0.947. The van der Waals surface area contributed by atoms with Crippen LogP contribution in [0.4, 0.5) is 0 Å². The number of hydrogen-bond donors (Lipinski definition) is 1. The Kier molecular flexibility index (Phi) is 5.54. The van der Waals surface area contributed by atoms with E-state index in [1.807, 2.05) is 6.07 Å². The Bertz CT molecular complexity index is 521. The number of piperidine rings is 1. The molecule has 1 aromatic carbocycles. The molecule has 0 unspecified atom stereocenters. The zero-order chi connectivity index (χ0) is 13.1. The first kappa shape index (κ1) is 15.4. The van der Waals surface area contributed by atoms with Crippen LogP contribution in [-0.4, -0.2) is 29.0 Å². The van der Waals surface area contributed by atoms with Gasteiger partial charge in [0.1, 0.15) is 5.01 Å². The van der Waals surface area contributed by atoms with Crippen LogP contribution in [0.5, 0.6) is 0 Å². The monoisotopic (exact) mass is 309 g/mol. The van der Waals surface area contributed by atoms with Gasteiger partial charge in [-0.05, 0) is 12.8 Å². The topological polar surface area (TPSA) is 42.1 Å². The Hall–Kier alpha value is -0.940. The first-order chi connectivity index (χ1) is 9.31. The smallest absolute Gasteiger partial charge is 0.123 e. The second kappa shape index (κ2) is 7.18. The Balaban J connectivity index is 0.00000147. The van der Waals surface area contributed by atoms with Gasteiger partial charge >= 0.3 is 0 Å². The van der Waals surface area contributed by atoms with Crippen molar-refractivity contribution in [1.82, 2.24) is 9.88 Å². The van der Waals surface area contributed by atoms with Gasteiger partial charge < -0.3 is 5.73 Å². The summed E-state index contributed by atoms with van der Waals surface area (Å²) in [6.07, 6.45) is 2.21. The molecule has 0 atom stereocenters. The van der Waals surface area contributed by atoms with Crippen LogP contribution in [0.1, 0.15) is 18.5 Å². The van der Waals surface area contributed by atoms with Crippen molar-refractivity contribution in [3.8, 4) is 10.6 Å². The number of hydrogen-bond acceptors (Lipinski definition) is 4. The van der Waals surface area contributed by atoms with Gasteiger partial charge in [0.2, 0.25) is 0 Å². The lowest BCUT2D eigenvalue weighted by Crippen LogP contribution is -2.39. The van der Waals surface area contributed by atoms with E-state index in [-0.39, 0.29) is 12.4 Å². The minimum absolute atomic E-state index is 0. The molecular weight excluding hydrogens is 290 g/mol. The number of rotatable bonds is 3. The molecular formula is C15H20ClN3S. The molecule has 1 aliphatic heterocycles. The van der Waals surface area contributed by atoms with Crippen molar-refractivity contribution < 1.29 is 0 Å². The number of likely N-dealkylation sites (tertiary alicyclic amines) is 1. The summed E-state index contributed by atoms with van der Waals surface area (Å²) in [6.45, 7) is 3.15. The third-order valence-corrected chi connectivity index (χ3v) is 4.53. The predicted molar refractivity (Wildman–Crippen MR) is 87.3 cm³/mol. The van der Waals surface area contributed by atoms with Crippen LogP contribution in [0.2, 0.25) is 0 Å². The summed E-state index contributed by atoms with van der Waals surface area (Å²) in [6, 6.07) is 10.8. The molecule has 2 N–H and O–H groups in total. The normalized spacial score (nSPS) is 16.9. The van der Waals surface area contributed by atoms with Crippen molar-refractivity contribution >= 4 is 23.7 Å². The molecule has 3 nitrogen and oxygen atoms in total. The van der Waals surface area contributed by atoms with Crippen molar-refractivity contribution in [3.63, 3.8) is 0 Å². The van der Waals surface area contributed by atoms with E-state index in [0.717, 1.165) is 37.5 Å². The number of thiazole rings is 1. The van der Waals surface area contributed by atoms with E-state index in [2.05, 4.69) is 34.5 Å². The zero-order valence-electron chi connectivity index (χ0n) is 11.4. The third-order valence-electron chi connectivity index (χ3n) is 3.59. The van der Waals surface area contributed by atoms with Crippen LogP contribution < -0.4 is 5.73 Å². The number of nitrogens with two attached hydrogens (primary N) is 1. The van der Waals surface area contributed by atoms with Gasteiger partial charge in [0.15, 0.2) is 0 Å². The van der Waals surface area contributed by atoms with Crippen LogP contribution in [0.15, 0.2) is 35.7 Å². The average Bonchev–Trinajstić information content (AvgIpc) is 2.91. The van der Waals surface area contributed by atoms with E-state index >= 15 is 0 Å². The van der Waals surface area contributed by atoms with Gasteiger partial charge in [-0.3, -0.25) is 4.90 Å². The fourth-order valence-corrected chi connectivity index (χ4v) is 3.25. The molecule has 1 aromatic heterocycles. The van der Waals surface area contributed by atoms with Gasteiger partial charge in [-0.25, -0.2) is 4.98 Å². The molecule has 2 aromatic rings. The molecule has 1 fully saturated rings. The molecule has 0 aliphatic carbocycles. The Morgan fingerprint density at radius 1 is 1.20 bits per heavy atom. The van der Waals surface area contributed by atoms with Crippen molar-refractivity contribution in [2.75, 3.05) is 13.1 Å². The maximum atomic E-state index is 5.93. The first-order valence-corrected chi connectivity index (χ1v) is 7.67. The molecule has 3 rings (SSSR count). The van der Waals surface area contributed by atoms with Crippen molar-refractivity contribution in [2.24, 2.45) is 5.73 Å². The first-order valence-electron chi connectivity index (χ1n) is 6.79. The van der Waals surface area contributed by atoms with Crippen LogP contribution >= 0.6 is 23.7 Å². The van der Waals surface area contributed by atoms with E-state index in [1.165, 1.54) is 11.3 Å². The standard InChI is InChI=1S/C15H19N3S.ClH/c16-13-6-8-18(9-7-13)10-14-11-19-15(17-14)12-4-2-1-3-5-12;/h1-5,11,13H,6-10,16H2;1H. The lowest BCUT2D eigenvalue weighted by Gasteiger charge is -2.29. The highest BCUT2D eigenvalue weighted by molar-refractivity contribution is 7.13. The second-order valence-corrected chi connectivity index (χ2v) is 5.98. The highest BCUT2D eigenvalue weighted by atomic mass is 35.5. The van der Waals surface area contributed by atoms with Gasteiger partial charge in [0, 0.05) is 36.6 Å². The summed E-state index contributed by atoms with van der Waals surface area (Å²) in [7, 11) is 0. The van der Waals surface area contributed by atoms with E-state index in [1.54, 1.807) is 11.3 Å². The fourth-order valence-electron chi connectivity index (χ4n) is 2.43. The zero-order valence-corrected chi connectivity index (χ0v) is 13.0. The second-order valence-electron chi connectivity index (χ2n) is 5.12. The fraction of sp³-hybridized carbons (Fsp3) is 0.400. The average molecular weight is 310 g/mol. The third kappa shape index (κ3) is 3.79. The van der Waals surface area contributed by atoms with Crippen molar-refractivity contribution in [1.29, 1.82) is 0 Å². The highest BCUT2D eigenvalue weighted by Crippen LogP contribution is 2.24. The van der Waals surface area contributed by atoms with Gasteiger partial charge in [0.25, 0.3) is 0 Å². The Morgan fingerprint density at radius 3 is 2.60 bits per heavy atom. The molecule has 0 saturated carbocycles. The molecule has 0 radical (unpaired) electrons. The molecule has 20 heavy (non-hydrogen) atoms. The number of aromatic nitrogens is 1. The van der Waals surface area contributed by atoms with Gasteiger partial charge in [0.05, 0.1) is 5.69 Å². The summed E-state index contributed by atoms with van der Waals surface area (Å²) >= 11 is 1.73. The van der Waals surface area contributed by atoms with E-state index in [0.29, 0.717) is 6.04 Å². The minimum atomic E-state index is 0. The van der Waals surface area contributed by atoms with Crippen molar-refractivity contribution in [2.45, 2.75) is 25.4 Å². The molecule has 0 bridgehead atoms. The Labute approximate surface area is 130 Å². The van der Waals surface area contributed by atoms with Gasteiger partial charge in [-0.1, -0.05) is 30.3 Å². The number of nitrogens with zero attached hydrogens (tertiary/aromatic N) is 2. The molecule has 108 valence electrons. The predicted octanol–water partition coefficient (Wildman–Crippen LogP) is 3.16. The summed E-state index contributed by atoms with van der Waals surface area (Å²) in [5.74, 6) is 0. The molecule has 1 aliphatic rings. The van der Waals surface area contributed by atoms with E-state index in [9.17, 15) is 0 Å². The van der Waals surface area contributed by atoms with E-state index in [4.69, 9.17) is 10.7 Å². The maximum Gasteiger partial charge on any atom is 0.123 e. The van der Waals surface area contributed by atoms with Crippen LogP contribution in [-0.2, 0) is 6.54 Å². The van der Waals surface area contributed by atoms with Crippen LogP contribution in [0, 0.1) is 0 Å². The molecule has 2 heterocycles. The highest BCUT2D eigenvalue weighted by Gasteiger charge is 2.17. The summed E-state index contributed by atoms with van der Waals surface area (Å²) < 4.78 is 0. The number of halogens is 1. The van der Waals surface area contributed by atoms with Gasteiger partial charge in [-0.2, -0.15) is 0 Å². The molecule has 0 amide bonds. The van der Waals surface area contributed by atoms with Crippen LogP contribution in [0.25, 0.3) is 10.6 Å². The van der Waals surface area contributed by atoms with Gasteiger partial charge in [-0.15, -0.1) is 23.7 Å². The van der Waals surface area contributed by atoms with E-state index < -0.39 is 0 Å². The largest absolute Gasteiger partial charge is 0.328 e. The Morgan fingerprint density at radius 2 is 1.90 bits per heavy atom. The SMILES string of the molecule is Cl.NC1CCN(Cc2csc(-c3ccccc3)n2)CC1. The lowest BCUT2D eigenvalue weighted by molar-refractivity contribution is 0.204. The molecule has 0 spiro atoms. The maximum absolute atomic E-state index is 5.93. The lowest BCUT2D eigenvalue weighted by atomic mass is 10.1. The number of benzene rings is 1. The van der Waals surface area contributed by atoms with Crippen molar-refractivity contribution in [3.05, 3.63) is 41.4 Å². The summed E-state index contributed by atoms with van der Waals surface area (Å²) in [4.78, 5) is 7.19.